The summed E-state index contributed by atoms with van der Waals surface area (Å²) in [6.45, 7) is 6.21. The Kier molecular flexibility index (Phi) is 5.01. The molecule has 1 aromatic carbocycles. The molecule has 1 unspecified atom stereocenters. The van der Waals surface area contributed by atoms with Gasteiger partial charge in [0.2, 0.25) is 0 Å². The summed E-state index contributed by atoms with van der Waals surface area (Å²) in [7, 11) is 1.67. The van der Waals surface area contributed by atoms with Crippen LogP contribution in [0.4, 0.5) is 5.69 Å². The summed E-state index contributed by atoms with van der Waals surface area (Å²) in [5, 5.41) is 3.38. The van der Waals surface area contributed by atoms with E-state index in [9.17, 15) is 4.79 Å². The van der Waals surface area contributed by atoms with E-state index in [2.05, 4.69) is 11.4 Å². The number of hydrogen-bond acceptors (Lipinski definition) is 3. The molecule has 1 heterocycles. The average Bonchev–Trinajstić information content (AvgIpc) is 2.47. The van der Waals surface area contributed by atoms with Crippen molar-refractivity contribution in [2.45, 2.75) is 32.7 Å². The number of aryl methyl sites for hydroxylation is 1. The van der Waals surface area contributed by atoms with Crippen molar-refractivity contribution in [3.05, 3.63) is 29.3 Å². The summed E-state index contributed by atoms with van der Waals surface area (Å²) in [6.07, 6.45) is 2.17. The molecule has 0 aromatic heterocycles. The lowest BCUT2D eigenvalue weighted by atomic mass is 9.98. The first-order chi connectivity index (χ1) is 9.69. The van der Waals surface area contributed by atoms with Gasteiger partial charge in [-0.05, 0) is 38.3 Å². The molecule has 1 aliphatic heterocycles. The fourth-order valence-corrected chi connectivity index (χ4v) is 2.83. The maximum Gasteiger partial charge on any atom is 0.256 e. The summed E-state index contributed by atoms with van der Waals surface area (Å²) in [5.41, 5.74) is 3.05. The normalized spacial score (nSPS) is 15.2. The van der Waals surface area contributed by atoms with E-state index >= 15 is 0 Å². The molecule has 0 bridgehead atoms. The molecule has 4 heteroatoms. The van der Waals surface area contributed by atoms with Gasteiger partial charge in [-0.1, -0.05) is 12.1 Å². The molecule has 20 heavy (non-hydrogen) atoms. The SMILES string of the molecule is CCN(C(=O)c1cccc2c1NCCC2)C(C)COC. The van der Waals surface area contributed by atoms with Gasteiger partial charge in [0.15, 0.2) is 0 Å². The molecular weight excluding hydrogens is 252 g/mol. The monoisotopic (exact) mass is 276 g/mol. The van der Waals surface area contributed by atoms with Gasteiger partial charge in [0, 0.05) is 20.2 Å². The van der Waals surface area contributed by atoms with Crippen LogP contribution in [0.2, 0.25) is 0 Å². The van der Waals surface area contributed by atoms with Crippen molar-refractivity contribution in [1.29, 1.82) is 0 Å². The molecule has 2 rings (SSSR count). The number of para-hydroxylation sites is 1. The second-order valence-electron chi connectivity index (χ2n) is 5.27. The van der Waals surface area contributed by atoms with Gasteiger partial charge in [-0.15, -0.1) is 0 Å². The summed E-state index contributed by atoms with van der Waals surface area (Å²) in [6, 6.07) is 6.08. The summed E-state index contributed by atoms with van der Waals surface area (Å²) in [4.78, 5) is 14.7. The number of ether oxygens (including phenoxy) is 1. The lowest BCUT2D eigenvalue weighted by Crippen LogP contribution is -2.41. The Hall–Kier alpha value is -1.55. The number of benzene rings is 1. The predicted molar refractivity (Wildman–Crippen MR) is 81.3 cm³/mol. The number of likely N-dealkylation sites (N-methyl/N-ethyl adjacent to an activating group) is 1. The van der Waals surface area contributed by atoms with Crippen LogP contribution in [0, 0.1) is 0 Å². The number of rotatable bonds is 5. The summed E-state index contributed by atoms with van der Waals surface area (Å²) >= 11 is 0. The Bertz CT molecular complexity index is 474. The minimum atomic E-state index is 0.0805. The van der Waals surface area contributed by atoms with Gasteiger partial charge in [-0.2, -0.15) is 0 Å². The zero-order valence-electron chi connectivity index (χ0n) is 12.6. The van der Waals surface area contributed by atoms with Crippen LogP contribution in [-0.4, -0.2) is 43.7 Å². The van der Waals surface area contributed by atoms with Crippen molar-refractivity contribution < 1.29 is 9.53 Å². The molecule has 1 aliphatic rings. The number of anilines is 1. The molecule has 0 saturated heterocycles. The second-order valence-corrected chi connectivity index (χ2v) is 5.27. The number of carbonyl (C=O) groups excluding carboxylic acids is 1. The van der Waals surface area contributed by atoms with E-state index in [1.807, 2.05) is 30.9 Å². The fraction of sp³-hybridized carbons (Fsp3) is 0.562. The lowest BCUT2D eigenvalue weighted by molar-refractivity contribution is 0.0580. The van der Waals surface area contributed by atoms with E-state index in [1.54, 1.807) is 7.11 Å². The fourth-order valence-electron chi connectivity index (χ4n) is 2.83. The van der Waals surface area contributed by atoms with Crippen molar-refractivity contribution >= 4 is 11.6 Å². The zero-order chi connectivity index (χ0) is 14.5. The molecular formula is C16H24N2O2. The predicted octanol–water partition coefficient (Wildman–Crippen LogP) is 2.54. The molecule has 1 amide bonds. The minimum Gasteiger partial charge on any atom is -0.384 e. The summed E-state index contributed by atoms with van der Waals surface area (Å²) < 4.78 is 5.18. The Morgan fingerprint density at radius 1 is 1.50 bits per heavy atom. The van der Waals surface area contributed by atoms with Gasteiger partial charge < -0.3 is 15.0 Å². The zero-order valence-corrected chi connectivity index (χ0v) is 12.6. The third kappa shape index (κ3) is 2.96. The van der Waals surface area contributed by atoms with E-state index in [4.69, 9.17) is 4.74 Å². The van der Waals surface area contributed by atoms with Gasteiger partial charge in [0.1, 0.15) is 0 Å². The molecule has 0 saturated carbocycles. The largest absolute Gasteiger partial charge is 0.384 e. The van der Waals surface area contributed by atoms with E-state index < -0.39 is 0 Å². The number of fused-ring (bicyclic) bond motifs is 1. The molecule has 110 valence electrons. The topological polar surface area (TPSA) is 41.6 Å². The highest BCUT2D eigenvalue weighted by Gasteiger charge is 2.24. The molecule has 1 atom stereocenters. The van der Waals surface area contributed by atoms with Crippen LogP contribution >= 0.6 is 0 Å². The van der Waals surface area contributed by atoms with Gasteiger partial charge in [0.05, 0.1) is 23.9 Å². The van der Waals surface area contributed by atoms with Gasteiger partial charge >= 0.3 is 0 Å². The number of nitrogens with zero attached hydrogens (tertiary/aromatic N) is 1. The second kappa shape index (κ2) is 6.75. The van der Waals surface area contributed by atoms with E-state index in [0.717, 1.165) is 30.6 Å². The van der Waals surface area contributed by atoms with E-state index in [0.29, 0.717) is 13.2 Å². The van der Waals surface area contributed by atoms with Crippen LogP contribution in [0.3, 0.4) is 0 Å². The van der Waals surface area contributed by atoms with Crippen LogP contribution in [0.15, 0.2) is 18.2 Å². The average molecular weight is 276 g/mol. The lowest BCUT2D eigenvalue weighted by Gasteiger charge is -2.29. The molecule has 0 spiro atoms. The van der Waals surface area contributed by atoms with Crippen molar-refractivity contribution in [1.82, 2.24) is 4.90 Å². The maximum atomic E-state index is 12.8. The molecule has 4 nitrogen and oxygen atoms in total. The quantitative estimate of drug-likeness (QED) is 0.898. The third-order valence-corrected chi connectivity index (χ3v) is 3.85. The smallest absolute Gasteiger partial charge is 0.256 e. The number of methoxy groups -OCH3 is 1. The van der Waals surface area contributed by atoms with Crippen LogP contribution in [0.1, 0.15) is 36.2 Å². The first-order valence-electron chi connectivity index (χ1n) is 7.34. The number of amides is 1. The van der Waals surface area contributed by atoms with Crippen molar-refractivity contribution in [3.8, 4) is 0 Å². The Morgan fingerprint density at radius 2 is 2.30 bits per heavy atom. The Balaban J connectivity index is 2.28. The summed E-state index contributed by atoms with van der Waals surface area (Å²) in [5.74, 6) is 0.0864. The molecule has 1 N–H and O–H groups in total. The van der Waals surface area contributed by atoms with Crippen molar-refractivity contribution in [3.63, 3.8) is 0 Å². The first-order valence-corrected chi connectivity index (χ1v) is 7.34. The minimum absolute atomic E-state index is 0.0805. The standard InChI is InChI=1S/C16H24N2O2/c1-4-18(12(2)11-20-3)16(19)14-9-5-7-13-8-6-10-17-15(13)14/h5,7,9,12,17H,4,6,8,10-11H2,1-3H3. The highest BCUT2D eigenvalue weighted by Crippen LogP contribution is 2.27. The number of hydrogen-bond donors (Lipinski definition) is 1. The van der Waals surface area contributed by atoms with Gasteiger partial charge in [-0.25, -0.2) is 0 Å². The maximum absolute atomic E-state index is 12.8. The van der Waals surface area contributed by atoms with Gasteiger partial charge in [-0.3, -0.25) is 4.79 Å². The molecule has 0 radical (unpaired) electrons. The van der Waals surface area contributed by atoms with E-state index in [-0.39, 0.29) is 11.9 Å². The highest BCUT2D eigenvalue weighted by molar-refractivity contribution is 6.00. The van der Waals surface area contributed by atoms with Crippen LogP contribution in [-0.2, 0) is 11.2 Å². The van der Waals surface area contributed by atoms with Crippen molar-refractivity contribution in [2.75, 3.05) is 32.1 Å². The van der Waals surface area contributed by atoms with Crippen molar-refractivity contribution in [2.24, 2.45) is 0 Å². The molecule has 1 aromatic rings. The Morgan fingerprint density at radius 3 is 3.00 bits per heavy atom. The number of carbonyl (C=O) groups is 1. The van der Waals surface area contributed by atoms with Gasteiger partial charge in [0.25, 0.3) is 5.91 Å². The first kappa shape index (κ1) is 14.9. The highest BCUT2D eigenvalue weighted by atomic mass is 16.5. The number of nitrogens with one attached hydrogen (secondary N) is 1. The van der Waals surface area contributed by atoms with Crippen LogP contribution in [0.5, 0.6) is 0 Å². The van der Waals surface area contributed by atoms with E-state index in [1.165, 1.54) is 5.56 Å². The molecule has 0 aliphatic carbocycles. The third-order valence-electron chi connectivity index (χ3n) is 3.85. The molecule has 0 fully saturated rings. The van der Waals surface area contributed by atoms with Crippen LogP contribution in [0.25, 0.3) is 0 Å². The van der Waals surface area contributed by atoms with Crippen LogP contribution < -0.4 is 5.32 Å². The Labute approximate surface area is 121 Å².